The van der Waals surface area contributed by atoms with Crippen LogP contribution in [0, 0.1) is 0 Å². The van der Waals surface area contributed by atoms with Gasteiger partial charge in [0.15, 0.2) is 0 Å². The van der Waals surface area contributed by atoms with E-state index in [1.54, 1.807) is 47.3 Å². The van der Waals surface area contributed by atoms with Crippen LogP contribution in [0.25, 0.3) is 27.5 Å². The van der Waals surface area contributed by atoms with Crippen LogP contribution in [0.5, 0.6) is 0 Å². The normalized spacial score (nSPS) is 14.2. The van der Waals surface area contributed by atoms with Gasteiger partial charge in [-0.3, -0.25) is 14.2 Å². The maximum absolute atomic E-state index is 13.0. The first kappa shape index (κ1) is 15.3. The zero-order valence-electron chi connectivity index (χ0n) is 13.7. The van der Waals surface area contributed by atoms with Crippen LogP contribution in [0.4, 0.5) is 0 Å². The third-order valence-electron chi connectivity index (χ3n) is 4.80. The third kappa shape index (κ3) is 2.35. The fourth-order valence-corrected chi connectivity index (χ4v) is 3.49. The molecule has 1 aliphatic rings. The minimum atomic E-state index is -0.222. The fourth-order valence-electron chi connectivity index (χ4n) is 3.31. The summed E-state index contributed by atoms with van der Waals surface area (Å²) in [6.45, 7) is 0. The summed E-state index contributed by atoms with van der Waals surface area (Å²) in [6, 6.07) is 12.7. The SMILES string of the molecule is O=c1c2cc3c(=O)n(C4CC4)ccc3nc2ccn1-c1cccc(Cl)c1. The molecule has 3 heterocycles. The molecule has 0 bridgehead atoms. The van der Waals surface area contributed by atoms with Crippen LogP contribution < -0.4 is 11.1 Å². The van der Waals surface area contributed by atoms with Crippen molar-refractivity contribution in [3.8, 4) is 5.69 Å². The predicted molar refractivity (Wildman–Crippen MR) is 102 cm³/mol. The van der Waals surface area contributed by atoms with E-state index in [0.29, 0.717) is 32.5 Å². The van der Waals surface area contributed by atoms with Gasteiger partial charge in [-0.15, -0.1) is 0 Å². The van der Waals surface area contributed by atoms with Crippen molar-refractivity contribution in [2.75, 3.05) is 0 Å². The zero-order valence-corrected chi connectivity index (χ0v) is 14.5. The summed E-state index contributed by atoms with van der Waals surface area (Å²) in [4.78, 5) is 30.3. The van der Waals surface area contributed by atoms with Gasteiger partial charge in [0.05, 0.1) is 27.5 Å². The lowest BCUT2D eigenvalue weighted by atomic mass is 10.2. The topological polar surface area (TPSA) is 56.9 Å². The average Bonchev–Trinajstić information content (AvgIpc) is 3.46. The summed E-state index contributed by atoms with van der Waals surface area (Å²) in [5.74, 6) is 0. The van der Waals surface area contributed by atoms with Gasteiger partial charge in [-0.05, 0) is 49.2 Å². The molecule has 5 nitrogen and oxygen atoms in total. The summed E-state index contributed by atoms with van der Waals surface area (Å²) in [6.07, 6.45) is 5.52. The molecule has 0 unspecified atom stereocenters. The number of nitrogens with zero attached hydrogens (tertiary/aromatic N) is 3. The first-order valence-electron chi connectivity index (χ1n) is 8.45. The molecule has 0 radical (unpaired) electrons. The molecular formula is C20H14ClN3O2. The van der Waals surface area contributed by atoms with Gasteiger partial charge in [-0.25, -0.2) is 4.98 Å². The Morgan fingerprint density at radius 1 is 0.923 bits per heavy atom. The molecule has 6 heteroatoms. The van der Waals surface area contributed by atoms with Crippen LogP contribution >= 0.6 is 11.6 Å². The molecule has 3 aromatic heterocycles. The lowest BCUT2D eigenvalue weighted by Gasteiger charge is -2.09. The summed E-state index contributed by atoms with van der Waals surface area (Å²) in [5, 5.41) is 1.46. The van der Waals surface area contributed by atoms with Gasteiger partial charge in [-0.1, -0.05) is 17.7 Å². The van der Waals surface area contributed by atoms with Gasteiger partial charge in [0.2, 0.25) is 0 Å². The number of fused-ring (bicyclic) bond motifs is 2. The van der Waals surface area contributed by atoms with Crippen LogP contribution in [0.1, 0.15) is 18.9 Å². The Labute approximate surface area is 153 Å². The molecule has 1 fully saturated rings. The first-order chi connectivity index (χ1) is 12.6. The van der Waals surface area contributed by atoms with E-state index in [-0.39, 0.29) is 17.2 Å². The molecule has 26 heavy (non-hydrogen) atoms. The lowest BCUT2D eigenvalue weighted by Crippen LogP contribution is -2.21. The molecule has 0 atom stereocenters. The fraction of sp³-hybridized carbons (Fsp3) is 0.150. The van der Waals surface area contributed by atoms with Gasteiger partial charge < -0.3 is 4.57 Å². The molecule has 0 saturated heterocycles. The van der Waals surface area contributed by atoms with E-state index in [0.717, 1.165) is 12.8 Å². The largest absolute Gasteiger partial charge is 0.312 e. The highest BCUT2D eigenvalue weighted by Gasteiger charge is 2.25. The molecule has 0 amide bonds. The Hall–Kier alpha value is -2.92. The Balaban J connectivity index is 1.80. The van der Waals surface area contributed by atoms with Crippen molar-refractivity contribution in [1.29, 1.82) is 0 Å². The van der Waals surface area contributed by atoms with E-state index < -0.39 is 0 Å². The minimum absolute atomic E-state index is 0.0861. The second kappa shape index (κ2) is 5.54. The number of benzene rings is 1. The predicted octanol–water partition coefficient (Wildman–Crippen LogP) is 3.69. The molecule has 4 aromatic rings. The van der Waals surface area contributed by atoms with E-state index in [9.17, 15) is 9.59 Å². The number of hydrogen-bond donors (Lipinski definition) is 0. The van der Waals surface area contributed by atoms with Crippen molar-refractivity contribution in [3.63, 3.8) is 0 Å². The average molecular weight is 364 g/mol. The molecule has 0 N–H and O–H groups in total. The second-order valence-corrected chi connectivity index (χ2v) is 7.02. The zero-order chi connectivity index (χ0) is 17.8. The van der Waals surface area contributed by atoms with Crippen molar-refractivity contribution < 1.29 is 0 Å². The van der Waals surface area contributed by atoms with E-state index in [1.165, 1.54) is 4.57 Å². The highest BCUT2D eigenvalue weighted by atomic mass is 35.5. The standard InChI is InChI=1S/C20H14ClN3O2/c21-12-2-1-3-14(10-12)24-9-7-18-16(20(24)26)11-15-17(22-18)6-8-23(19(15)25)13-4-5-13/h1-3,6-11,13H,4-5H2. The summed E-state index contributed by atoms with van der Waals surface area (Å²) in [5.41, 5.74) is 1.55. The Kier molecular flexibility index (Phi) is 3.27. The van der Waals surface area contributed by atoms with Crippen molar-refractivity contribution in [3.05, 3.63) is 80.6 Å². The van der Waals surface area contributed by atoms with Gasteiger partial charge in [0.1, 0.15) is 0 Å². The minimum Gasteiger partial charge on any atom is -0.312 e. The molecule has 0 spiro atoms. The van der Waals surface area contributed by atoms with E-state index in [1.807, 2.05) is 12.1 Å². The Morgan fingerprint density at radius 2 is 1.65 bits per heavy atom. The van der Waals surface area contributed by atoms with Crippen LogP contribution in [-0.2, 0) is 0 Å². The molecule has 1 aliphatic carbocycles. The van der Waals surface area contributed by atoms with Crippen molar-refractivity contribution in [2.24, 2.45) is 0 Å². The van der Waals surface area contributed by atoms with Crippen molar-refractivity contribution in [1.82, 2.24) is 14.1 Å². The quantitative estimate of drug-likeness (QED) is 0.510. The molecule has 0 aliphatic heterocycles. The van der Waals surface area contributed by atoms with Gasteiger partial charge in [-0.2, -0.15) is 0 Å². The Bertz CT molecular complexity index is 1300. The summed E-state index contributed by atoms with van der Waals surface area (Å²) in [7, 11) is 0. The van der Waals surface area contributed by atoms with Gasteiger partial charge >= 0.3 is 0 Å². The van der Waals surface area contributed by atoms with Gasteiger partial charge in [0.25, 0.3) is 11.1 Å². The first-order valence-corrected chi connectivity index (χ1v) is 8.83. The smallest absolute Gasteiger partial charge is 0.264 e. The molecule has 1 saturated carbocycles. The maximum atomic E-state index is 13.0. The second-order valence-electron chi connectivity index (χ2n) is 6.58. The number of hydrogen-bond acceptors (Lipinski definition) is 3. The molecule has 1 aromatic carbocycles. The van der Waals surface area contributed by atoms with Crippen LogP contribution in [-0.4, -0.2) is 14.1 Å². The van der Waals surface area contributed by atoms with E-state index in [2.05, 4.69) is 4.98 Å². The van der Waals surface area contributed by atoms with E-state index in [4.69, 9.17) is 11.6 Å². The van der Waals surface area contributed by atoms with Crippen molar-refractivity contribution >= 4 is 33.4 Å². The van der Waals surface area contributed by atoms with Crippen LogP contribution in [0.2, 0.25) is 5.02 Å². The maximum Gasteiger partial charge on any atom is 0.264 e. The Morgan fingerprint density at radius 3 is 2.38 bits per heavy atom. The van der Waals surface area contributed by atoms with Crippen LogP contribution in [0.3, 0.4) is 0 Å². The highest BCUT2D eigenvalue weighted by molar-refractivity contribution is 6.30. The van der Waals surface area contributed by atoms with Crippen LogP contribution in [0.15, 0.2) is 64.4 Å². The summed E-state index contributed by atoms with van der Waals surface area (Å²) >= 11 is 6.05. The van der Waals surface area contributed by atoms with Crippen molar-refractivity contribution in [2.45, 2.75) is 18.9 Å². The monoisotopic (exact) mass is 363 g/mol. The highest BCUT2D eigenvalue weighted by Crippen LogP contribution is 2.33. The third-order valence-corrected chi connectivity index (χ3v) is 5.03. The summed E-state index contributed by atoms with van der Waals surface area (Å²) < 4.78 is 3.26. The number of halogens is 1. The molecular weight excluding hydrogens is 350 g/mol. The van der Waals surface area contributed by atoms with E-state index >= 15 is 0 Å². The number of rotatable bonds is 2. The van der Waals surface area contributed by atoms with Gasteiger partial charge in [0, 0.05) is 23.5 Å². The molecule has 5 rings (SSSR count). The number of aromatic nitrogens is 3. The number of pyridine rings is 3. The lowest BCUT2D eigenvalue weighted by molar-refractivity contribution is 0.714. The molecule has 128 valence electrons.